The monoisotopic (exact) mass is 363 g/mol. The summed E-state index contributed by atoms with van der Waals surface area (Å²) in [6, 6.07) is 16.6. The SMILES string of the molecule is COc1cc(CCCc2ccccc2)c(-c2cccnc2)c(OC)c1OC. The van der Waals surface area contributed by atoms with Crippen LogP contribution in [0.5, 0.6) is 17.2 Å². The quantitative estimate of drug-likeness (QED) is 0.568. The molecule has 1 aromatic heterocycles. The molecule has 4 heteroatoms. The van der Waals surface area contributed by atoms with E-state index in [2.05, 4.69) is 35.3 Å². The Morgan fingerprint density at radius 3 is 2.22 bits per heavy atom. The zero-order chi connectivity index (χ0) is 19.1. The van der Waals surface area contributed by atoms with Crippen LogP contribution in [0.3, 0.4) is 0 Å². The van der Waals surface area contributed by atoms with E-state index < -0.39 is 0 Å². The first-order chi connectivity index (χ1) is 13.3. The molecule has 3 rings (SSSR count). The van der Waals surface area contributed by atoms with Gasteiger partial charge in [0, 0.05) is 23.5 Å². The number of hydrogen-bond acceptors (Lipinski definition) is 4. The number of benzene rings is 2. The van der Waals surface area contributed by atoms with E-state index in [1.54, 1.807) is 27.5 Å². The van der Waals surface area contributed by atoms with E-state index in [0.717, 1.165) is 36.0 Å². The number of aromatic nitrogens is 1. The minimum atomic E-state index is 0.602. The highest BCUT2D eigenvalue weighted by molar-refractivity contribution is 5.79. The van der Waals surface area contributed by atoms with Crippen LogP contribution in [0.4, 0.5) is 0 Å². The summed E-state index contributed by atoms with van der Waals surface area (Å²) in [5.74, 6) is 1.96. The Kier molecular flexibility index (Phi) is 6.31. The molecule has 0 fully saturated rings. The highest BCUT2D eigenvalue weighted by Crippen LogP contribution is 2.46. The van der Waals surface area contributed by atoms with Gasteiger partial charge in [0.25, 0.3) is 0 Å². The molecule has 4 nitrogen and oxygen atoms in total. The van der Waals surface area contributed by atoms with Gasteiger partial charge >= 0.3 is 0 Å². The van der Waals surface area contributed by atoms with Crippen LogP contribution in [-0.2, 0) is 12.8 Å². The van der Waals surface area contributed by atoms with Crippen molar-refractivity contribution in [2.24, 2.45) is 0 Å². The van der Waals surface area contributed by atoms with Gasteiger partial charge < -0.3 is 14.2 Å². The van der Waals surface area contributed by atoms with Crippen molar-refractivity contribution < 1.29 is 14.2 Å². The molecule has 0 atom stereocenters. The van der Waals surface area contributed by atoms with E-state index in [-0.39, 0.29) is 0 Å². The number of nitrogens with zero attached hydrogens (tertiary/aromatic N) is 1. The van der Waals surface area contributed by atoms with Crippen LogP contribution in [-0.4, -0.2) is 26.3 Å². The Balaban J connectivity index is 2.00. The minimum Gasteiger partial charge on any atom is -0.493 e. The van der Waals surface area contributed by atoms with Gasteiger partial charge in [0.1, 0.15) is 0 Å². The maximum atomic E-state index is 5.74. The molecule has 0 spiro atoms. The van der Waals surface area contributed by atoms with Crippen molar-refractivity contribution in [2.45, 2.75) is 19.3 Å². The lowest BCUT2D eigenvalue weighted by Crippen LogP contribution is -2.02. The zero-order valence-corrected chi connectivity index (χ0v) is 16.1. The van der Waals surface area contributed by atoms with Crippen LogP contribution < -0.4 is 14.2 Å². The molecule has 0 aliphatic carbocycles. The molecule has 1 heterocycles. The predicted octanol–water partition coefficient (Wildman–Crippen LogP) is 4.95. The van der Waals surface area contributed by atoms with Crippen molar-refractivity contribution in [3.63, 3.8) is 0 Å². The standard InChI is InChI=1S/C23H25NO3/c1-25-20-15-18(12-7-11-17-9-5-4-6-10-17)21(19-13-8-14-24-16-19)23(27-3)22(20)26-2/h4-6,8-10,13-16H,7,11-12H2,1-3H3. The average molecular weight is 363 g/mol. The van der Waals surface area contributed by atoms with Crippen LogP contribution >= 0.6 is 0 Å². The van der Waals surface area contributed by atoms with E-state index in [1.165, 1.54) is 5.56 Å². The summed E-state index contributed by atoms with van der Waals surface area (Å²) in [4.78, 5) is 4.28. The van der Waals surface area contributed by atoms with Crippen LogP contribution in [0.2, 0.25) is 0 Å². The average Bonchev–Trinajstić information content (AvgIpc) is 2.74. The summed E-state index contributed by atoms with van der Waals surface area (Å²) >= 11 is 0. The van der Waals surface area contributed by atoms with Crippen molar-refractivity contribution in [2.75, 3.05) is 21.3 Å². The molecule has 0 aliphatic rings. The molecule has 140 valence electrons. The third-order valence-electron chi connectivity index (χ3n) is 4.62. The van der Waals surface area contributed by atoms with Crippen molar-refractivity contribution in [1.29, 1.82) is 0 Å². The van der Waals surface area contributed by atoms with Gasteiger partial charge in [0.2, 0.25) is 5.75 Å². The summed E-state index contributed by atoms with van der Waals surface area (Å²) < 4.78 is 16.9. The largest absolute Gasteiger partial charge is 0.493 e. The molecular weight excluding hydrogens is 338 g/mol. The highest BCUT2D eigenvalue weighted by Gasteiger charge is 2.21. The minimum absolute atomic E-state index is 0.602. The molecule has 27 heavy (non-hydrogen) atoms. The first-order valence-corrected chi connectivity index (χ1v) is 9.04. The first-order valence-electron chi connectivity index (χ1n) is 9.04. The van der Waals surface area contributed by atoms with E-state index in [1.807, 2.05) is 24.4 Å². The van der Waals surface area contributed by atoms with Gasteiger partial charge in [-0.2, -0.15) is 0 Å². The molecule has 0 saturated carbocycles. The van der Waals surface area contributed by atoms with Crippen molar-refractivity contribution >= 4 is 0 Å². The van der Waals surface area contributed by atoms with E-state index in [4.69, 9.17) is 14.2 Å². The van der Waals surface area contributed by atoms with Crippen molar-refractivity contribution in [3.05, 3.63) is 72.1 Å². The normalized spacial score (nSPS) is 10.5. The van der Waals surface area contributed by atoms with Crippen LogP contribution in [0.1, 0.15) is 17.5 Å². The fraction of sp³-hybridized carbons (Fsp3) is 0.261. The van der Waals surface area contributed by atoms with Gasteiger partial charge in [0.05, 0.1) is 21.3 Å². The second kappa shape index (κ2) is 9.08. The summed E-state index contributed by atoms with van der Waals surface area (Å²) in [6.07, 6.45) is 6.56. The molecule has 0 radical (unpaired) electrons. The number of hydrogen-bond donors (Lipinski definition) is 0. The molecule has 0 unspecified atom stereocenters. The summed E-state index contributed by atoms with van der Waals surface area (Å²) in [5.41, 5.74) is 4.52. The predicted molar refractivity (Wildman–Crippen MR) is 108 cm³/mol. The lowest BCUT2D eigenvalue weighted by molar-refractivity contribution is 0.324. The molecule has 3 aromatic rings. The van der Waals surface area contributed by atoms with Gasteiger partial charge in [0.15, 0.2) is 11.5 Å². The molecule has 0 amide bonds. The Bertz CT molecular complexity index is 864. The maximum Gasteiger partial charge on any atom is 0.203 e. The first kappa shape index (κ1) is 18.8. The molecule has 0 bridgehead atoms. The van der Waals surface area contributed by atoms with Crippen LogP contribution in [0.25, 0.3) is 11.1 Å². The third-order valence-corrected chi connectivity index (χ3v) is 4.62. The number of pyridine rings is 1. The van der Waals surface area contributed by atoms with Gasteiger partial charge in [-0.3, -0.25) is 4.98 Å². The lowest BCUT2D eigenvalue weighted by atomic mass is 9.94. The molecule has 2 aromatic carbocycles. The molecule has 0 N–H and O–H groups in total. The van der Waals surface area contributed by atoms with E-state index in [9.17, 15) is 0 Å². The number of aryl methyl sites for hydroxylation is 2. The van der Waals surface area contributed by atoms with E-state index >= 15 is 0 Å². The number of rotatable bonds is 8. The number of ether oxygens (including phenoxy) is 3. The van der Waals surface area contributed by atoms with Gasteiger partial charge in [-0.15, -0.1) is 0 Å². The fourth-order valence-corrected chi connectivity index (χ4v) is 3.36. The Labute approximate surface area is 160 Å². The number of methoxy groups -OCH3 is 3. The Morgan fingerprint density at radius 2 is 1.59 bits per heavy atom. The topological polar surface area (TPSA) is 40.6 Å². The summed E-state index contributed by atoms with van der Waals surface area (Å²) in [6.45, 7) is 0. The highest BCUT2D eigenvalue weighted by atomic mass is 16.5. The molecular formula is C23H25NO3. The zero-order valence-electron chi connectivity index (χ0n) is 16.1. The lowest BCUT2D eigenvalue weighted by Gasteiger charge is -2.20. The third kappa shape index (κ3) is 4.22. The second-order valence-corrected chi connectivity index (χ2v) is 6.26. The van der Waals surface area contributed by atoms with Gasteiger partial charge in [-0.25, -0.2) is 0 Å². The van der Waals surface area contributed by atoms with Crippen LogP contribution in [0, 0.1) is 0 Å². The molecule has 0 saturated heterocycles. The van der Waals surface area contributed by atoms with Crippen LogP contribution in [0.15, 0.2) is 60.9 Å². The van der Waals surface area contributed by atoms with Crippen molar-refractivity contribution in [3.8, 4) is 28.4 Å². The maximum absolute atomic E-state index is 5.74. The van der Waals surface area contributed by atoms with Crippen molar-refractivity contribution in [1.82, 2.24) is 4.98 Å². The van der Waals surface area contributed by atoms with Gasteiger partial charge in [-0.05, 0) is 42.5 Å². The fourth-order valence-electron chi connectivity index (χ4n) is 3.36. The molecule has 0 aliphatic heterocycles. The Hall–Kier alpha value is -3.01. The van der Waals surface area contributed by atoms with E-state index in [0.29, 0.717) is 17.2 Å². The Morgan fingerprint density at radius 1 is 0.815 bits per heavy atom. The summed E-state index contributed by atoms with van der Waals surface area (Å²) in [5, 5.41) is 0. The van der Waals surface area contributed by atoms with Gasteiger partial charge in [-0.1, -0.05) is 36.4 Å². The smallest absolute Gasteiger partial charge is 0.203 e. The summed E-state index contributed by atoms with van der Waals surface area (Å²) in [7, 11) is 4.93. The second-order valence-electron chi connectivity index (χ2n) is 6.26.